The van der Waals surface area contributed by atoms with Gasteiger partial charge in [-0.3, -0.25) is 4.99 Å². The van der Waals surface area contributed by atoms with Gasteiger partial charge in [-0.05, 0) is 24.7 Å². The van der Waals surface area contributed by atoms with Crippen molar-refractivity contribution in [2.75, 3.05) is 19.6 Å². The molecule has 0 aromatic carbocycles. The summed E-state index contributed by atoms with van der Waals surface area (Å²) in [5.74, 6) is 1.02. The van der Waals surface area contributed by atoms with Crippen LogP contribution in [0, 0.1) is 5.41 Å². The summed E-state index contributed by atoms with van der Waals surface area (Å²) >= 11 is 0. The maximum Gasteiger partial charge on any atom is 0.191 e. The standard InChI is InChI=1S/C12H23N3.HI/c1-12(6-3-2-4-7-12)10-15-11-13-8-5-9-14-11;/h2-10H2,1H3,(H2,13,14,15);1H. The van der Waals surface area contributed by atoms with Gasteiger partial charge in [0.25, 0.3) is 0 Å². The van der Waals surface area contributed by atoms with E-state index in [2.05, 4.69) is 22.5 Å². The summed E-state index contributed by atoms with van der Waals surface area (Å²) in [5.41, 5.74) is 0.500. The number of aliphatic imine (C=N–C) groups is 1. The average Bonchev–Trinajstić information content (AvgIpc) is 2.29. The molecule has 2 rings (SSSR count). The fraction of sp³-hybridized carbons (Fsp3) is 0.917. The predicted molar refractivity (Wildman–Crippen MR) is 79.5 cm³/mol. The summed E-state index contributed by atoms with van der Waals surface area (Å²) < 4.78 is 0. The Morgan fingerprint density at radius 3 is 2.62 bits per heavy atom. The van der Waals surface area contributed by atoms with Crippen molar-refractivity contribution in [2.45, 2.75) is 45.4 Å². The highest BCUT2D eigenvalue weighted by Crippen LogP contribution is 2.34. The summed E-state index contributed by atoms with van der Waals surface area (Å²) in [5, 5.41) is 6.79. The molecule has 1 fully saturated rings. The van der Waals surface area contributed by atoms with Crippen molar-refractivity contribution >= 4 is 29.9 Å². The molecule has 2 N–H and O–H groups in total. The number of guanidine groups is 1. The molecule has 16 heavy (non-hydrogen) atoms. The highest BCUT2D eigenvalue weighted by molar-refractivity contribution is 14.0. The highest BCUT2D eigenvalue weighted by Gasteiger charge is 2.26. The molecule has 2 aliphatic rings. The SMILES string of the molecule is CC1(CNC2=NCCCN2)CCCCC1.I. The number of halogens is 1. The van der Waals surface area contributed by atoms with Gasteiger partial charge >= 0.3 is 0 Å². The second kappa shape index (κ2) is 6.67. The maximum absolute atomic E-state index is 4.44. The molecule has 1 aliphatic heterocycles. The van der Waals surface area contributed by atoms with Crippen LogP contribution in [0.5, 0.6) is 0 Å². The molecular weight excluding hydrogens is 313 g/mol. The lowest BCUT2D eigenvalue weighted by molar-refractivity contribution is 0.217. The molecule has 94 valence electrons. The van der Waals surface area contributed by atoms with Crippen molar-refractivity contribution in [1.82, 2.24) is 10.6 Å². The van der Waals surface area contributed by atoms with Crippen LogP contribution in [0.3, 0.4) is 0 Å². The minimum Gasteiger partial charge on any atom is -0.356 e. The van der Waals surface area contributed by atoms with Crippen molar-refractivity contribution in [3.8, 4) is 0 Å². The van der Waals surface area contributed by atoms with E-state index < -0.39 is 0 Å². The summed E-state index contributed by atoms with van der Waals surface area (Å²) in [6.07, 6.45) is 8.13. The summed E-state index contributed by atoms with van der Waals surface area (Å²) in [6.45, 7) is 5.54. The Bertz CT molecular complexity index is 234. The van der Waals surface area contributed by atoms with Gasteiger partial charge < -0.3 is 10.6 Å². The molecule has 3 nitrogen and oxygen atoms in total. The van der Waals surface area contributed by atoms with Gasteiger partial charge in [0.05, 0.1) is 0 Å². The van der Waals surface area contributed by atoms with Crippen LogP contribution in [-0.2, 0) is 0 Å². The zero-order chi connectivity index (χ0) is 10.6. The Morgan fingerprint density at radius 1 is 1.25 bits per heavy atom. The zero-order valence-electron chi connectivity index (χ0n) is 10.2. The average molecular weight is 337 g/mol. The third-order valence-corrected chi connectivity index (χ3v) is 3.64. The van der Waals surface area contributed by atoms with Gasteiger partial charge in [0, 0.05) is 19.6 Å². The molecular formula is C12H24IN3. The van der Waals surface area contributed by atoms with E-state index in [1.807, 2.05) is 0 Å². The first-order valence-electron chi connectivity index (χ1n) is 6.31. The van der Waals surface area contributed by atoms with E-state index in [9.17, 15) is 0 Å². The van der Waals surface area contributed by atoms with E-state index in [0.717, 1.165) is 25.6 Å². The monoisotopic (exact) mass is 337 g/mol. The molecule has 0 atom stereocenters. The van der Waals surface area contributed by atoms with Crippen LogP contribution < -0.4 is 10.6 Å². The van der Waals surface area contributed by atoms with Crippen LogP contribution in [0.25, 0.3) is 0 Å². The van der Waals surface area contributed by atoms with Gasteiger partial charge in [0.15, 0.2) is 5.96 Å². The Kier molecular flexibility index (Phi) is 5.86. The molecule has 0 spiro atoms. The summed E-state index contributed by atoms with van der Waals surface area (Å²) in [6, 6.07) is 0. The lowest BCUT2D eigenvalue weighted by atomic mass is 9.76. The van der Waals surface area contributed by atoms with E-state index >= 15 is 0 Å². The first kappa shape index (κ1) is 14.1. The molecule has 0 saturated heterocycles. The highest BCUT2D eigenvalue weighted by atomic mass is 127. The van der Waals surface area contributed by atoms with Crippen molar-refractivity contribution < 1.29 is 0 Å². The fourth-order valence-corrected chi connectivity index (χ4v) is 2.53. The Morgan fingerprint density at radius 2 is 2.00 bits per heavy atom. The van der Waals surface area contributed by atoms with Gasteiger partial charge in [-0.2, -0.15) is 0 Å². The van der Waals surface area contributed by atoms with Gasteiger partial charge in [-0.15, -0.1) is 24.0 Å². The van der Waals surface area contributed by atoms with Gasteiger partial charge in [-0.25, -0.2) is 0 Å². The number of nitrogens with one attached hydrogen (secondary N) is 2. The topological polar surface area (TPSA) is 36.4 Å². The molecule has 1 heterocycles. The Hall–Kier alpha value is 0. The van der Waals surface area contributed by atoms with Crippen LogP contribution in [0.1, 0.15) is 45.4 Å². The van der Waals surface area contributed by atoms with Crippen molar-refractivity contribution in [3.05, 3.63) is 0 Å². The van der Waals surface area contributed by atoms with E-state index in [4.69, 9.17) is 0 Å². The molecule has 1 aliphatic carbocycles. The van der Waals surface area contributed by atoms with E-state index in [1.54, 1.807) is 0 Å². The predicted octanol–water partition coefficient (Wildman–Crippen LogP) is 2.51. The minimum atomic E-state index is 0. The number of hydrogen-bond donors (Lipinski definition) is 2. The normalized spacial score (nSPS) is 23.7. The summed E-state index contributed by atoms with van der Waals surface area (Å²) in [7, 11) is 0. The summed E-state index contributed by atoms with van der Waals surface area (Å²) in [4.78, 5) is 4.44. The Labute approximate surface area is 116 Å². The largest absolute Gasteiger partial charge is 0.356 e. The maximum atomic E-state index is 4.44. The molecule has 0 bridgehead atoms. The van der Waals surface area contributed by atoms with Crippen molar-refractivity contribution in [3.63, 3.8) is 0 Å². The third-order valence-electron chi connectivity index (χ3n) is 3.64. The zero-order valence-corrected chi connectivity index (χ0v) is 12.5. The van der Waals surface area contributed by atoms with Crippen LogP contribution in [0.2, 0.25) is 0 Å². The fourth-order valence-electron chi connectivity index (χ4n) is 2.53. The number of rotatable bonds is 2. The first-order valence-corrected chi connectivity index (χ1v) is 6.31. The van der Waals surface area contributed by atoms with E-state index in [1.165, 1.54) is 38.5 Å². The van der Waals surface area contributed by atoms with Crippen LogP contribution in [-0.4, -0.2) is 25.6 Å². The second-order valence-electron chi connectivity index (χ2n) is 5.24. The Balaban J connectivity index is 0.00000128. The molecule has 0 aromatic heterocycles. The number of hydrogen-bond acceptors (Lipinski definition) is 3. The molecule has 0 amide bonds. The van der Waals surface area contributed by atoms with E-state index in [-0.39, 0.29) is 24.0 Å². The number of nitrogens with zero attached hydrogens (tertiary/aromatic N) is 1. The van der Waals surface area contributed by atoms with Crippen molar-refractivity contribution in [1.29, 1.82) is 0 Å². The molecule has 0 aromatic rings. The van der Waals surface area contributed by atoms with Crippen LogP contribution in [0.4, 0.5) is 0 Å². The molecule has 0 radical (unpaired) electrons. The van der Waals surface area contributed by atoms with Gasteiger partial charge in [0.2, 0.25) is 0 Å². The molecule has 0 unspecified atom stereocenters. The lowest BCUT2D eigenvalue weighted by Crippen LogP contribution is -2.45. The van der Waals surface area contributed by atoms with Gasteiger partial charge in [0.1, 0.15) is 0 Å². The van der Waals surface area contributed by atoms with Crippen molar-refractivity contribution in [2.24, 2.45) is 10.4 Å². The van der Waals surface area contributed by atoms with Gasteiger partial charge in [-0.1, -0.05) is 26.2 Å². The minimum absolute atomic E-state index is 0. The first-order chi connectivity index (χ1) is 7.29. The van der Waals surface area contributed by atoms with E-state index in [0.29, 0.717) is 5.41 Å². The molecule has 4 heteroatoms. The molecule has 1 saturated carbocycles. The lowest BCUT2D eigenvalue weighted by Gasteiger charge is -2.34. The smallest absolute Gasteiger partial charge is 0.191 e. The third kappa shape index (κ3) is 4.11. The van der Waals surface area contributed by atoms with Crippen LogP contribution in [0.15, 0.2) is 4.99 Å². The quantitative estimate of drug-likeness (QED) is 0.760. The second-order valence-corrected chi connectivity index (χ2v) is 5.24. The van der Waals surface area contributed by atoms with Crippen LogP contribution >= 0.6 is 24.0 Å².